The molecule has 236 valence electrons. The Morgan fingerprint density at radius 2 is 1.47 bits per heavy atom. The summed E-state index contributed by atoms with van der Waals surface area (Å²) in [6.45, 7) is 6.23. The molecule has 2 fully saturated rings. The van der Waals surface area contributed by atoms with Crippen molar-refractivity contribution in [2.24, 2.45) is 0 Å². The Morgan fingerprint density at radius 3 is 1.98 bits per heavy atom. The van der Waals surface area contributed by atoms with E-state index in [2.05, 4.69) is 4.90 Å². The molecule has 0 aromatic heterocycles. The number of likely N-dealkylation sites (tertiary alicyclic amines) is 2. The summed E-state index contributed by atoms with van der Waals surface area (Å²) >= 11 is 0. The number of rotatable bonds is 5. The van der Waals surface area contributed by atoms with E-state index in [0.717, 1.165) is 5.56 Å². The molecule has 13 heteroatoms. The number of alkyl halides is 6. The van der Waals surface area contributed by atoms with E-state index in [0.29, 0.717) is 50.3 Å². The second-order valence-corrected chi connectivity index (χ2v) is 11.8. The van der Waals surface area contributed by atoms with Gasteiger partial charge >= 0.3 is 18.4 Å². The van der Waals surface area contributed by atoms with Crippen LogP contribution in [-0.2, 0) is 27.3 Å². The summed E-state index contributed by atoms with van der Waals surface area (Å²) in [7, 11) is 2.79. The van der Waals surface area contributed by atoms with Crippen LogP contribution in [0.25, 0.3) is 0 Å². The summed E-state index contributed by atoms with van der Waals surface area (Å²) < 4.78 is 100. The van der Waals surface area contributed by atoms with Crippen LogP contribution in [0.4, 0.5) is 35.5 Å². The molecule has 4 rings (SSSR count). The first-order chi connectivity index (χ1) is 19.8. The Balaban J connectivity index is 1.66. The van der Waals surface area contributed by atoms with Gasteiger partial charge in [-0.3, -0.25) is 9.69 Å². The molecule has 2 amide bonds. The van der Waals surface area contributed by atoms with Gasteiger partial charge in [0.2, 0.25) is 5.91 Å². The van der Waals surface area contributed by atoms with Crippen molar-refractivity contribution in [3.8, 4) is 0 Å². The molecule has 0 unspecified atom stereocenters. The smallest absolute Gasteiger partial charge is 0.416 e. The van der Waals surface area contributed by atoms with Gasteiger partial charge in [-0.05, 0) is 74.2 Å². The minimum atomic E-state index is -5.05. The van der Waals surface area contributed by atoms with Crippen LogP contribution >= 0.6 is 0 Å². The number of piperidine rings is 1. The lowest BCUT2D eigenvalue weighted by Gasteiger charge is -2.51. The predicted molar refractivity (Wildman–Crippen MR) is 144 cm³/mol. The molecular weight excluding hydrogens is 583 g/mol. The number of nitrogens with zero attached hydrogens (tertiary/aromatic N) is 3. The van der Waals surface area contributed by atoms with E-state index >= 15 is 0 Å². The third kappa shape index (κ3) is 6.61. The second kappa shape index (κ2) is 11.6. The van der Waals surface area contributed by atoms with Gasteiger partial charge in [-0.15, -0.1) is 0 Å². The third-order valence-corrected chi connectivity index (χ3v) is 8.71. The molecule has 43 heavy (non-hydrogen) atoms. The highest BCUT2D eigenvalue weighted by molar-refractivity contribution is 5.87. The Morgan fingerprint density at radius 1 is 0.907 bits per heavy atom. The van der Waals surface area contributed by atoms with Crippen LogP contribution in [0, 0.1) is 12.7 Å². The molecule has 0 spiro atoms. The normalized spacial score (nSPS) is 20.5. The highest BCUT2D eigenvalue weighted by Gasteiger charge is 2.45. The lowest BCUT2D eigenvalue weighted by Crippen LogP contribution is -2.64. The highest BCUT2D eigenvalue weighted by atomic mass is 19.4. The Labute approximate surface area is 245 Å². The molecule has 2 aromatic rings. The van der Waals surface area contributed by atoms with Crippen molar-refractivity contribution in [3.05, 3.63) is 70.0 Å². The fourth-order valence-corrected chi connectivity index (χ4v) is 6.12. The Kier molecular flexibility index (Phi) is 8.80. The van der Waals surface area contributed by atoms with Crippen LogP contribution in [0.3, 0.4) is 0 Å². The maximum atomic E-state index is 14.0. The van der Waals surface area contributed by atoms with Crippen molar-refractivity contribution in [2.45, 2.75) is 63.0 Å². The largest absolute Gasteiger partial charge is 0.453 e. The quantitative estimate of drug-likeness (QED) is 0.374. The number of carbonyl (C=O) groups excluding carboxylic acids is 2. The third-order valence-electron chi connectivity index (χ3n) is 8.71. The zero-order valence-corrected chi connectivity index (χ0v) is 24.4. The van der Waals surface area contributed by atoms with E-state index in [9.17, 15) is 40.3 Å². The van der Waals surface area contributed by atoms with Crippen molar-refractivity contribution in [1.29, 1.82) is 0 Å². The van der Waals surface area contributed by atoms with Gasteiger partial charge in [-0.25, -0.2) is 9.18 Å². The zero-order valence-electron chi connectivity index (χ0n) is 24.4. The average Bonchev–Trinajstić information content (AvgIpc) is 2.90. The molecule has 2 atom stereocenters. The topological polar surface area (TPSA) is 53.1 Å². The minimum Gasteiger partial charge on any atom is -0.453 e. The van der Waals surface area contributed by atoms with E-state index in [-0.39, 0.29) is 18.0 Å². The second-order valence-electron chi connectivity index (χ2n) is 11.8. The number of halogens is 7. The van der Waals surface area contributed by atoms with Gasteiger partial charge in [0.15, 0.2) is 0 Å². The Hall–Kier alpha value is -3.35. The number of aryl methyl sites for hydroxylation is 1. The lowest BCUT2D eigenvalue weighted by atomic mass is 9.78. The van der Waals surface area contributed by atoms with Gasteiger partial charge in [-0.2, -0.15) is 26.3 Å². The number of likely N-dealkylation sites (N-methyl/N-ethyl adjacent to an activating group) is 1. The minimum absolute atomic E-state index is 0.0339. The van der Waals surface area contributed by atoms with Gasteiger partial charge < -0.3 is 14.5 Å². The first-order valence-electron chi connectivity index (χ1n) is 13.7. The maximum Gasteiger partial charge on any atom is 0.416 e. The SMILES string of the molecule is COC(=O)N1CC(N2CC[C@H](N(C)C(=O)C(C)(C)c3cc(C(F)(F)F)cc(C(F)(F)F)c3)[C@@H](c3ccc(F)cc3C)C2)C1. The summed E-state index contributed by atoms with van der Waals surface area (Å²) in [6.07, 6.45) is -10.1. The zero-order chi connectivity index (χ0) is 32.1. The van der Waals surface area contributed by atoms with Crippen LogP contribution < -0.4 is 0 Å². The summed E-state index contributed by atoms with van der Waals surface area (Å²) in [4.78, 5) is 30.9. The number of benzene rings is 2. The molecule has 0 saturated carbocycles. The number of amides is 2. The molecule has 2 heterocycles. The monoisotopic (exact) mass is 617 g/mol. The number of hydrogen-bond donors (Lipinski definition) is 0. The summed E-state index contributed by atoms with van der Waals surface area (Å²) in [6, 6.07) is 5.10. The number of carbonyl (C=O) groups is 2. The van der Waals surface area contributed by atoms with Gasteiger partial charge in [0.1, 0.15) is 5.82 Å². The van der Waals surface area contributed by atoms with Crippen molar-refractivity contribution in [1.82, 2.24) is 14.7 Å². The highest BCUT2D eigenvalue weighted by Crippen LogP contribution is 2.41. The Bertz CT molecular complexity index is 1340. The van der Waals surface area contributed by atoms with E-state index in [4.69, 9.17) is 4.74 Å². The first kappa shape index (κ1) is 32.6. The maximum absolute atomic E-state index is 14.0. The molecule has 2 aliphatic heterocycles. The van der Waals surface area contributed by atoms with Crippen molar-refractivity contribution in [3.63, 3.8) is 0 Å². The molecule has 0 N–H and O–H groups in total. The first-order valence-corrected chi connectivity index (χ1v) is 13.7. The molecule has 2 saturated heterocycles. The fraction of sp³-hybridized carbons (Fsp3) is 0.533. The molecule has 2 aliphatic rings. The van der Waals surface area contributed by atoms with E-state index in [1.807, 2.05) is 0 Å². The standard InChI is InChI=1S/C30H34F7N3O3/c1-17-10-21(31)6-7-23(17)24-16-39(22-14-40(15-22)27(42)43-5)9-8-25(24)38(4)26(41)28(2,3)18-11-19(29(32,33)34)13-20(12-18)30(35,36)37/h6-7,10-13,22,24-25H,8-9,14-16H2,1-5H3/t24-,25+/m1/s1. The molecule has 0 aliphatic carbocycles. The van der Waals surface area contributed by atoms with E-state index in [1.165, 1.54) is 45.0 Å². The van der Waals surface area contributed by atoms with Crippen LogP contribution in [-0.4, -0.2) is 79.1 Å². The van der Waals surface area contributed by atoms with Gasteiger partial charge in [0.05, 0.1) is 23.7 Å². The van der Waals surface area contributed by atoms with Crippen LogP contribution in [0.2, 0.25) is 0 Å². The fourth-order valence-electron chi connectivity index (χ4n) is 6.12. The molecule has 2 aromatic carbocycles. The number of hydrogen-bond acceptors (Lipinski definition) is 4. The van der Waals surface area contributed by atoms with Crippen molar-refractivity contribution in [2.75, 3.05) is 40.3 Å². The summed E-state index contributed by atoms with van der Waals surface area (Å²) in [5, 5.41) is 0. The van der Waals surface area contributed by atoms with Gasteiger partial charge in [-0.1, -0.05) is 6.07 Å². The number of methoxy groups -OCH3 is 1. The van der Waals surface area contributed by atoms with E-state index < -0.39 is 58.3 Å². The average molecular weight is 618 g/mol. The van der Waals surface area contributed by atoms with Crippen LogP contribution in [0.5, 0.6) is 0 Å². The van der Waals surface area contributed by atoms with Gasteiger partial charge in [0.25, 0.3) is 0 Å². The van der Waals surface area contributed by atoms with Crippen LogP contribution in [0.15, 0.2) is 36.4 Å². The molecule has 6 nitrogen and oxygen atoms in total. The lowest BCUT2D eigenvalue weighted by molar-refractivity contribution is -0.144. The number of ether oxygens (including phenoxy) is 1. The summed E-state index contributed by atoms with van der Waals surface area (Å²) in [5.41, 5.74) is -3.71. The van der Waals surface area contributed by atoms with Crippen molar-refractivity contribution >= 4 is 12.0 Å². The van der Waals surface area contributed by atoms with Gasteiger partial charge in [0, 0.05) is 51.2 Å². The molecular formula is C30H34F7N3O3. The predicted octanol–water partition coefficient (Wildman–Crippen LogP) is 6.22. The molecule has 0 radical (unpaired) electrons. The summed E-state index contributed by atoms with van der Waals surface area (Å²) in [5.74, 6) is -1.43. The molecule has 0 bridgehead atoms. The van der Waals surface area contributed by atoms with E-state index in [1.54, 1.807) is 17.9 Å². The van der Waals surface area contributed by atoms with Crippen molar-refractivity contribution < 1.29 is 45.1 Å². The van der Waals surface area contributed by atoms with Crippen LogP contribution in [0.1, 0.15) is 54.0 Å².